The van der Waals surface area contributed by atoms with Gasteiger partial charge in [0.15, 0.2) is 16.4 Å². The molecule has 0 amide bonds. The van der Waals surface area contributed by atoms with Crippen LogP contribution in [0.3, 0.4) is 0 Å². The highest BCUT2D eigenvalue weighted by Crippen LogP contribution is 2.31. The molecule has 1 atom stereocenters. The van der Waals surface area contributed by atoms with Crippen molar-refractivity contribution in [2.24, 2.45) is 0 Å². The summed E-state index contributed by atoms with van der Waals surface area (Å²) in [6.07, 6.45) is 0.570. The van der Waals surface area contributed by atoms with Crippen molar-refractivity contribution in [1.29, 1.82) is 0 Å². The topological polar surface area (TPSA) is 77.5 Å². The zero-order valence-electron chi connectivity index (χ0n) is 13.7. The third-order valence-corrected chi connectivity index (χ3v) is 8.66. The number of carbonyl (C=O) groups is 2. The molecule has 1 saturated heterocycles. The van der Waals surface area contributed by atoms with Gasteiger partial charge in [0.1, 0.15) is 0 Å². The summed E-state index contributed by atoms with van der Waals surface area (Å²) < 4.78 is 28.9. The number of hydrogen-bond donors (Lipinski definition) is 0. The quantitative estimate of drug-likeness (QED) is 0.550. The predicted molar refractivity (Wildman–Crippen MR) is 101 cm³/mol. The SMILES string of the molecule is Cc1c(C(=O)COC(=O)CS[C@@H]2CCS(=O)(=O)C2)sc2ccccc12. The minimum absolute atomic E-state index is 0.0573. The number of sulfone groups is 1. The van der Waals surface area contributed by atoms with Crippen molar-refractivity contribution in [3.63, 3.8) is 0 Å². The average molecular weight is 399 g/mol. The van der Waals surface area contributed by atoms with Crippen molar-refractivity contribution in [2.45, 2.75) is 18.6 Å². The number of ether oxygens (including phenoxy) is 1. The van der Waals surface area contributed by atoms with Crippen LogP contribution in [0.4, 0.5) is 0 Å². The molecule has 1 aliphatic rings. The van der Waals surface area contributed by atoms with E-state index >= 15 is 0 Å². The monoisotopic (exact) mass is 398 g/mol. The van der Waals surface area contributed by atoms with E-state index in [0.717, 1.165) is 15.6 Å². The molecule has 2 aromatic rings. The van der Waals surface area contributed by atoms with E-state index in [0.29, 0.717) is 11.3 Å². The van der Waals surface area contributed by atoms with Gasteiger partial charge >= 0.3 is 5.97 Å². The molecule has 0 radical (unpaired) electrons. The predicted octanol–water partition coefficient (Wildman–Crippen LogP) is 2.86. The van der Waals surface area contributed by atoms with Crippen LogP contribution in [0, 0.1) is 6.92 Å². The second kappa shape index (κ2) is 7.47. The summed E-state index contributed by atoms with van der Waals surface area (Å²) in [5.41, 5.74) is 0.909. The zero-order chi connectivity index (χ0) is 18.0. The average Bonchev–Trinajstić information content (AvgIpc) is 3.10. The van der Waals surface area contributed by atoms with Crippen molar-refractivity contribution in [1.82, 2.24) is 0 Å². The van der Waals surface area contributed by atoms with Crippen LogP contribution in [-0.2, 0) is 19.4 Å². The number of hydrogen-bond acceptors (Lipinski definition) is 7. The molecule has 0 saturated carbocycles. The van der Waals surface area contributed by atoms with E-state index < -0.39 is 15.8 Å². The first-order valence-corrected chi connectivity index (χ1v) is 11.5. The third-order valence-electron chi connectivity index (χ3n) is 4.09. The van der Waals surface area contributed by atoms with Gasteiger partial charge in [0.2, 0.25) is 5.78 Å². The van der Waals surface area contributed by atoms with Gasteiger partial charge in [-0.25, -0.2) is 8.42 Å². The number of Topliss-reactive ketones (excluding diaryl/α,β-unsaturated/α-hetero) is 1. The first kappa shape index (κ1) is 18.4. The fourth-order valence-corrected chi connectivity index (χ4v) is 7.34. The molecular formula is C17H18O5S3. The first-order chi connectivity index (χ1) is 11.9. The third kappa shape index (κ3) is 4.43. The molecule has 1 aromatic heterocycles. The van der Waals surface area contributed by atoms with Gasteiger partial charge in [0, 0.05) is 9.95 Å². The second-order valence-electron chi connectivity index (χ2n) is 5.97. The van der Waals surface area contributed by atoms with E-state index in [1.807, 2.05) is 31.2 Å². The number of thioether (sulfide) groups is 1. The van der Waals surface area contributed by atoms with Crippen molar-refractivity contribution >= 4 is 54.8 Å². The number of benzene rings is 1. The Labute approximate surface area is 154 Å². The summed E-state index contributed by atoms with van der Waals surface area (Å²) in [6.45, 7) is 1.61. The van der Waals surface area contributed by atoms with E-state index in [2.05, 4.69) is 0 Å². The Morgan fingerprint density at radius 1 is 1.32 bits per heavy atom. The molecule has 0 spiro atoms. The molecule has 1 fully saturated rings. The standard InChI is InChI=1S/C17H18O5S3/c1-11-13-4-2-3-5-15(13)24-17(11)14(18)8-22-16(19)9-23-12-6-7-25(20,21)10-12/h2-5,12H,6-10H2,1H3/t12-/m1/s1. The molecule has 1 aliphatic heterocycles. The Morgan fingerprint density at radius 2 is 2.08 bits per heavy atom. The molecule has 1 aromatic carbocycles. The lowest BCUT2D eigenvalue weighted by molar-refractivity contribution is -0.139. The molecular weight excluding hydrogens is 380 g/mol. The van der Waals surface area contributed by atoms with Crippen LogP contribution in [0.1, 0.15) is 21.7 Å². The van der Waals surface area contributed by atoms with Crippen LogP contribution >= 0.6 is 23.1 Å². The Bertz CT molecular complexity index is 914. The Hall–Kier alpha value is -1.38. The number of aryl methyl sites for hydroxylation is 1. The van der Waals surface area contributed by atoms with Crippen molar-refractivity contribution in [2.75, 3.05) is 23.9 Å². The molecule has 8 heteroatoms. The van der Waals surface area contributed by atoms with Crippen LogP contribution in [0.15, 0.2) is 24.3 Å². The van der Waals surface area contributed by atoms with Gasteiger partial charge in [-0.2, -0.15) is 0 Å². The summed E-state index contributed by atoms with van der Waals surface area (Å²) in [6, 6.07) is 7.78. The number of thiophene rings is 1. The van der Waals surface area contributed by atoms with Crippen molar-refractivity contribution in [3.8, 4) is 0 Å². The Balaban J connectivity index is 1.51. The summed E-state index contributed by atoms with van der Waals surface area (Å²) in [5.74, 6) is -0.324. The lowest BCUT2D eigenvalue weighted by Gasteiger charge is -2.07. The van der Waals surface area contributed by atoms with E-state index in [1.165, 1.54) is 23.1 Å². The number of ketones is 1. The van der Waals surface area contributed by atoms with Gasteiger partial charge in [-0.15, -0.1) is 23.1 Å². The normalized spacial score (nSPS) is 19.2. The zero-order valence-corrected chi connectivity index (χ0v) is 16.1. The molecule has 25 heavy (non-hydrogen) atoms. The molecule has 2 heterocycles. The summed E-state index contributed by atoms with van der Waals surface area (Å²) in [7, 11) is -2.95. The summed E-state index contributed by atoms with van der Waals surface area (Å²) in [5, 5.41) is 0.985. The maximum atomic E-state index is 12.3. The molecule has 0 N–H and O–H groups in total. The van der Waals surface area contributed by atoms with E-state index in [-0.39, 0.29) is 34.9 Å². The molecule has 5 nitrogen and oxygen atoms in total. The number of esters is 1. The van der Waals surface area contributed by atoms with Gasteiger partial charge in [-0.1, -0.05) is 18.2 Å². The second-order valence-corrected chi connectivity index (χ2v) is 10.5. The van der Waals surface area contributed by atoms with Gasteiger partial charge in [0.25, 0.3) is 0 Å². The van der Waals surface area contributed by atoms with Gasteiger partial charge in [-0.05, 0) is 30.4 Å². The van der Waals surface area contributed by atoms with E-state index in [1.54, 1.807) is 0 Å². The van der Waals surface area contributed by atoms with Crippen molar-refractivity contribution in [3.05, 3.63) is 34.7 Å². The van der Waals surface area contributed by atoms with Crippen LogP contribution in [0.2, 0.25) is 0 Å². The minimum atomic E-state index is -2.95. The van der Waals surface area contributed by atoms with Crippen LogP contribution in [0.5, 0.6) is 0 Å². The van der Waals surface area contributed by atoms with E-state index in [9.17, 15) is 18.0 Å². The highest BCUT2D eigenvalue weighted by atomic mass is 32.2. The fourth-order valence-electron chi connectivity index (χ4n) is 2.77. The Kier molecular flexibility index (Phi) is 5.50. The van der Waals surface area contributed by atoms with Gasteiger partial charge in [0.05, 0.1) is 22.1 Å². The van der Waals surface area contributed by atoms with Crippen LogP contribution < -0.4 is 0 Å². The molecule has 0 unspecified atom stereocenters. The summed E-state index contributed by atoms with van der Waals surface area (Å²) >= 11 is 2.69. The molecule has 134 valence electrons. The first-order valence-electron chi connectivity index (χ1n) is 7.85. The highest BCUT2D eigenvalue weighted by molar-refractivity contribution is 8.02. The molecule has 3 rings (SSSR count). The number of rotatable bonds is 6. The van der Waals surface area contributed by atoms with Crippen molar-refractivity contribution < 1.29 is 22.7 Å². The fraction of sp³-hybridized carbons (Fsp3) is 0.412. The van der Waals surface area contributed by atoms with Crippen LogP contribution in [0.25, 0.3) is 10.1 Å². The lowest BCUT2D eigenvalue weighted by atomic mass is 10.1. The van der Waals surface area contributed by atoms with Gasteiger partial charge < -0.3 is 4.74 Å². The number of fused-ring (bicyclic) bond motifs is 1. The summed E-state index contributed by atoms with van der Waals surface area (Å²) in [4.78, 5) is 24.8. The highest BCUT2D eigenvalue weighted by Gasteiger charge is 2.28. The molecule has 0 aliphatic carbocycles. The lowest BCUT2D eigenvalue weighted by Crippen LogP contribution is -2.17. The largest absolute Gasteiger partial charge is 0.457 e. The number of carbonyl (C=O) groups excluding carboxylic acids is 2. The Morgan fingerprint density at radius 3 is 2.76 bits per heavy atom. The maximum Gasteiger partial charge on any atom is 0.316 e. The van der Waals surface area contributed by atoms with E-state index in [4.69, 9.17) is 4.74 Å². The van der Waals surface area contributed by atoms with Crippen LogP contribution in [-0.4, -0.2) is 49.3 Å². The smallest absolute Gasteiger partial charge is 0.316 e. The maximum absolute atomic E-state index is 12.3. The van der Waals surface area contributed by atoms with Gasteiger partial charge in [-0.3, -0.25) is 9.59 Å². The minimum Gasteiger partial charge on any atom is -0.457 e. The molecule has 0 bridgehead atoms.